The van der Waals surface area contributed by atoms with Crippen molar-refractivity contribution in [1.29, 1.82) is 0 Å². The number of hydrogen-bond acceptors (Lipinski definition) is 4. The Hall–Kier alpha value is -2.66. The highest BCUT2D eigenvalue weighted by atomic mass is 16.5. The minimum Gasteiger partial charge on any atom is -0.454 e. The van der Waals surface area contributed by atoms with Gasteiger partial charge in [-0.15, -0.1) is 0 Å². The molecular formula is C25H29NO4. The molecule has 4 rings (SSSR count). The monoisotopic (exact) mass is 407 g/mol. The van der Waals surface area contributed by atoms with Crippen molar-refractivity contribution >= 4 is 11.9 Å². The average Bonchev–Trinajstić information content (AvgIpc) is 3.03. The van der Waals surface area contributed by atoms with E-state index in [1.54, 1.807) is 12.1 Å². The van der Waals surface area contributed by atoms with E-state index in [0.717, 1.165) is 50.0 Å². The Morgan fingerprint density at radius 1 is 1.13 bits per heavy atom. The summed E-state index contributed by atoms with van der Waals surface area (Å²) in [7, 11) is 0. The van der Waals surface area contributed by atoms with E-state index < -0.39 is 0 Å². The van der Waals surface area contributed by atoms with Crippen LogP contribution in [0, 0.1) is 0 Å². The van der Waals surface area contributed by atoms with Crippen LogP contribution in [0.3, 0.4) is 0 Å². The van der Waals surface area contributed by atoms with E-state index in [9.17, 15) is 9.59 Å². The van der Waals surface area contributed by atoms with Gasteiger partial charge in [0.15, 0.2) is 0 Å². The van der Waals surface area contributed by atoms with Gasteiger partial charge in [0.2, 0.25) is 0 Å². The number of esters is 1. The summed E-state index contributed by atoms with van der Waals surface area (Å²) in [5.41, 5.74) is 3.05. The van der Waals surface area contributed by atoms with Crippen LogP contribution >= 0.6 is 0 Å². The smallest absolute Gasteiger partial charge is 0.339 e. The topological polar surface area (TPSA) is 55.8 Å². The molecule has 0 radical (unpaired) electrons. The molecule has 2 atom stereocenters. The summed E-state index contributed by atoms with van der Waals surface area (Å²) in [5.74, 6) is -0.293. The number of cyclic esters (lactones) is 1. The van der Waals surface area contributed by atoms with Crippen LogP contribution in [0.25, 0.3) is 0 Å². The van der Waals surface area contributed by atoms with Gasteiger partial charge in [-0.3, -0.25) is 4.79 Å². The largest absolute Gasteiger partial charge is 0.454 e. The van der Waals surface area contributed by atoms with Gasteiger partial charge in [0.25, 0.3) is 5.91 Å². The molecule has 0 bridgehead atoms. The van der Waals surface area contributed by atoms with E-state index in [0.29, 0.717) is 24.1 Å². The van der Waals surface area contributed by atoms with E-state index in [4.69, 9.17) is 9.47 Å². The van der Waals surface area contributed by atoms with Crippen LogP contribution < -0.4 is 0 Å². The first kappa shape index (κ1) is 20.6. The third-order valence-electron chi connectivity index (χ3n) is 5.92. The van der Waals surface area contributed by atoms with Gasteiger partial charge in [-0.05, 0) is 55.0 Å². The predicted molar refractivity (Wildman–Crippen MR) is 115 cm³/mol. The number of rotatable bonds is 5. The third-order valence-corrected chi connectivity index (χ3v) is 5.92. The van der Waals surface area contributed by atoms with Gasteiger partial charge >= 0.3 is 5.97 Å². The molecule has 1 fully saturated rings. The molecule has 0 saturated carbocycles. The van der Waals surface area contributed by atoms with Crippen molar-refractivity contribution in [3.8, 4) is 0 Å². The van der Waals surface area contributed by atoms with Gasteiger partial charge in [-0.1, -0.05) is 37.3 Å². The number of amides is 1. The molecule has 2 aromatic rings. The highest BCUT2D eigenvalue weighted by Crippen LogP contribution is 2.31. The van der Waals surface area contributed by atoms with Crippen LogP contribution in [0.4, 0.5) is 0 Å². The Morgan fingerprint density at radius 2 is 1.97 bits per heavy atom. The molecule has 5 heteroatoms. The molecule has 2 aliphatic heterocycles. The molecular weight excluding hydrogens is 378 g/mol. The second-order valence-corrected chi connectivity index (χ2v) is 8.10. The molecule has 0 aromatic heterocycles. The summed E-state index contributed by atoms with van der Waals surface area (Å²) in [6.45, 7) is 4.35. The molecule has 30 heavy (non-hydrogen) atoms. The van der Waals surface area contributed by atoms with E-state index >= 15 is 0 Å². The molecule has 2 heterocycles. The minimum absolute atomic E-state index is 0.0316. The number of ether oxygens (including phenoxy) is 2. The Kier molecular flexibility index (Phi) is 6.48. The van der Waals surface area contributed by atoms with Crippen molar-refractivity contribution in [3.63, 3.8) is 0 Å². The number of hydrogen-bond donors (Lipinski definition) is 0. The lowest BCUT2D eigenvalue weighted by Crippen LogP contribution is -2.32. The van der Waals surface area contributed by atoms with E-state index in [-0.39, 0.29) is 24.1 Å². The van der Waals surface area contributed by atoms with Crippen LogP contribution in [0.1, 0.15) is 70.6 Å². The lowest BCUT2D eigenvalue weighted by Gasteiger charge is -2.26. The second-order valence-electron chi connectivity index (χ2n) is 8.10. The maximum atomic E-state index is 13.2. The molecule has 158 valence electrons. The van der Waals surface area contributed by atoms with Gasteiger partial charge in [-0.2, -0.15) is 0 Å². The Balaban J connectivity index is 1.48. The summed E-state index contributed by atoms with van der Waals surface area (Å²) in [6.07, 6.45) is 4.35. The van der Waals surface area contributed by atoms with Crippen LogP contribution in [0.15, 0.2) is 48.5 Å². The number of fused-ring (bicyclic) bond motifs is 1. The molecule has 0 spiro atoms. The minimum atomic E-state index is -0.324. The lowest BCUT2D eigenvalue weighted by molar-refractivity contribution is 0.0252. The number of benzene rings is 2. The van der Waals surface area contributed by atoms with Crippen LogP contribution in [-0.4, -0.2) is 42.6 Å². The fourth-order valence-corrected chi connectivity index (χ4v) is 4.29. The molecule has 0 N–H and O–H groups in total. The summed E-state index contributed by atoms with van der Waals surface area (Å²) in [6, 6.07) is 15.1. The summed E-state index contributed by atoms with van der Waals surface area (Å²) < 4.78 is 11.5. The van der Waals surface area contributed by atoms with E-state index in [2.05, 4.69) is 6.92 Å². The SMILES string of the molecule is CCCO[C@H]1CCCN(C(=O)c2ccc3c(c2)C[C@@H](c2ccccc2)OC3=O)CC1. The third kappa shape index (κ3) is 4.57. The zero-order chi connectivity index (χ0) is 20.9. The summed E-state index contributed by atoms with van der Waals surface area (Å²) in [5, 5.41) is 0. The van der Waals surface area contributed by atoms with Crippen molar-refractivity contribution in [2.24, 2.45) is 0 Å². The Labute approximate surface area is 178 Å². The quantitative estimate of drug-likeness (QED) is 0.682. The number of carbonyl (C=O) groups excluding carboxylic acids is 2. The number of likely N-dealkylation sites (tertiary alicyclic amines) is 1. The predicted octanol–water partition coefficient (Wildman–Crippen LogP) is 4.56. The van der Waals surface area contributed by atoms with E-state index in [1.807, 2.05) is 41.3 Å². The maximum absolute atomic E-state index is 13.2. The molecule has 0 aliphatic carbocycles. The van der Waals surface area contributed by atoms with Gasteiger partial charge in [0, 0.05) is 31.7 Å². The standard InChI is InChI=1S/C25H29NO4/c1-2-15-29-21-9-6-13-26(14-12-21)24(27)19-10-11-22-20(16-19)17-23(30-25(22)28)18-7-4-3-5-8-18/h3-5,7-8,10-11,16,21,23H,2,6,9,12-15,17H2,1H3/t21-,23-/m0/s1. The highest BCUT2D eigenvalue weighted by molar-refractivity contribution is 5.97. The van der Waals surface area contributed by atoms with Gasteiger partial charge in [0.05, 0.1) is 11.7 Å². The van der Waals surface area contributed by atoms with Gasteiger partial charge in [-0.25, -0.2) is 4.79 Å². The molecule has 0 unspecified atom stereocenters. The fraction of sp³-hybridized carbons (Fsp3) is 0.440. The van der Waals surface area contributed by atoms with E-state index in [1.165, 1.54) is 0 Å². The zero-order valence-electron chi connectivity index (χ0n) is 17.5. The Bertz CT molecular complexity index is 895. The first-order chi connectivity index (χ1) is 14.7. The number of carbonyl (C=O) groups is 2. The van der Waals surface area contributed by atoms with Crippen molar-refractivity contribution in [2.45, 2.75) is 51.2 Å². The normalized spacial score (nSPS) is 21.5. The zero-order valence-corrected chi connectivity index (χ0v) is 17.5. The average molecular weight is 408 g/mol. The van der Waals surface area contributed by atoms with Crippen LogP contribution in [0.2, 0.25) is 0 Å². The molecule has 1 saturated heterocycles. The lowest BCUT2D eigenvalue weighted by atomic mass is 9.93. The van der Waals surface area contributed by atoms with Crippen molar-refractivity contribution in [3.05, 3.63) is 70.8 Å². The summed E-state index contributed by atoms with van der Waals surface area (Å²) >= 11 is 0. The van der Waals surface area contributed by atoms with Crippen molar-refractivity contribution in [2.75, 3.05) is 19.7 Å². The molecule has 5 nitrogen and oxygen atoms in total. The maximum Gasteiger partial charge on any atom is 0.339 e. The van der Waals surface area contributed by atoms with Gasteiger partial charge in [0.1, 0.15) is 6.10 Å². The van der Waals surface area contributed by atoms with Crippen molar-refractivity contribution in [1.82, 2.24) is 4.90 Å². The van der Waals surface area contributed by atoms with Crippen molar-refractivity contribution < 1.29 is 19.1 Å². The first-order valence-electron chi connectivity index (χ1n) is 11.0. The Morgan fingerprint density at radius 3 is 2.77 bits per heavy atom. The second kappa shape index (κ2) is 9.43. The van der Waals surface area contributed by atoms with Crippen LogP contribution in [0.5, 0.6) is 0 Å². The highest BCUT2D eigenvalue weighted by Gasteiger charge is 2.29. The first-order valence-corrected chi connectivity index (χ1v) is 11.0. The van der Waals surface area contributed by atoms with Gasteiger partial charge < -0.3 is 14.4 Å². The summed E-state index contributed by atoms with van der Waals surface area (Å²) in [4.78, 5) is 27.6. The molecule has 2 aliphatic rings. The van der Waals surface area contributed by atoms with Crippen LogP contribution in [-0.2, 0) is 15.9 Å². The molecule has 1 amide bonds. The number of nitrogens with zero attached hydrogens (tertiary/aromatic N) is 1. The fourth-order valence-electron chi connectivity index (χ4n) is 4.29. The molecule has 2 aromatic carbocycles.